The molecule has 0 radical (unpaired) electrons. The van der Waals surface area contributed by atoms with Crippen molar-refractivity contribution >= 4 is 5.97 Å². The third kappa shape index (κ3) is 10.4. The summed E-state index contributed by atoms with van der Waals surface area (Å²) in [6.45, 7) is 2.18. The Morgan fingerprint density at radius 3 is 2.25 bits per heavy atom. The molecule has 3 heteroatoms. The van der Waals surface area contributed by atoms with Gasteiger partial charge in [0.25, 0.3) is 0 Å². The molecule has 0 aromatic carbocycles. The average molecular weight is 249 g/mol. The number of carbonyl (C=O) groups is 1. The Kier molecular flexibility index (Phi) is 14.1. The fraction of sp³-hybridized carbons (Fsp3) is 0.889. The predicted octanol–water partition coefficient (Wildman–Crippen LogP) is 2.52. The minimum absolute atomic E-state index is 0. The van der Waals surface area contributed by atoms with E-state index in [4.69, 9.17) is 0 Å². The number of hydrogen-bond donors (Lipinski definition) is 0. The molecule has 12 heavy (non-hydrogen) atoms. The van der Waals surface area contributed by atoms with Gasteiger partial charge < -0.3 is 4.74 Å². The molecule has 0 saturated heterocycles. The fourth-order valence-electron chi connectivity index (χ4n) is 0.975. The molecule has 0 saturated carbocycles. The first-order valence-electron chi connectivity index (χ1n) is 4.38. The quantitative estimate of drug-likeness (QED) is 0.534. The number of unbranched alkanes of at least 4 members (excludes halogenated alkanes) is 4. The van der Waals surface area contributed by atoms with Crippen molar-refractivity contribution in [1.82, 2.24) is 0 Å². The van der Waals surface area contributed by atoms with Gasteiger partial charge in [-0.3, -0.25) is 4.79 Å². The molecule has 0 aliphatic rings. The van der Waals surface area contributed by atoms with E-state index in [1.54, 1.807) is 0 Å². The molecule has 0 unspecified atom stereocenters. The fourth-order valence-corrected chi connectivity index (χ4v) is 0.975. The molecule has 0 aromatic heterocycles. The molecular weight excluding hydrogens is 231 g/mol. The van der Waals surface area contributed by atoms with Crippen molar-refractivity contribution in [2.24, 2.45) is 0 Å². The van der Waals surface area contributed by atoms with Gasteiger partial charge in [0.15, 0.2) is 0 Å². The summed E-state index contributed by atoms with van der Waals surface area (Å²) in [6.07, 6.45) is 6.49. The zero-order chi connectivity index (χ0) is 8.53. The molecule has 0 heterocycles. The second kappa shape index (κ2) is 11.4. The monoisotopic (exact) mass is 248 g/mol. The van der Waals surface area contributed by atoms with Crippen LogP contribution in [-0.4, -0.2) is 13.1 Å². The molecule has 2 nitrogen and oxygen atoms in total. The van der Waals surface area contributed by atoms with Crippen molar-refractivity contribution in [2.75, 3.05) is 7.11 Å². The first-order chi connectivity index (χ1) is 5.31. The molecular formula is C9H18O2Zr. The normalized spacial score (nSPS) is 8.83. The van der Waals surface area contributed by atoms with Gasteiger partial charge >= 0.3 is 5.97 Å². The molecule has 0 bridgehead atoms. The number of esters is 1. The van der Waals surface area contributed by atoms with Gasteiger partial charge in [0.1, 0.15) is 0 Å². The van der Waals surface area contributed by atoms with Crippen LogP contribution in [0.5, 0.6) is 0 Å². The minimum Gasteiger partial charge on any atom is -0.469 e. The first kappa shape index (κ1) is 14.9. The van der Waals surface area contributed by atoms with Crippen LogP contribution in [0.1, 0.15) is 45.4 Å². The van der Waals surface area contributed by atoms with Gasteiger partial charge in [0, 0.05) is 32.6 Å². The maximum absolute atomic E-state index is 10.6. The molecule has 0 rings (SSSR count). The molecule has 0 aliphatic heterocycles. The zero-order valence-electron chi connectivity index (χ0n) is 8.06. The minimum atomic E-state index is -0.0819. The van der Waals surface area contributed by atoms with E-state index < -0.39 is 0 Å². The van der Waals surface area contributed by atoms with Gasteiger partial charge in [-0.25, -0.2) is 0 Å². The summed E-state index contributed by atoms with van der Waals surface area (Å²) in [4.78, 5) is 10.6. The van der Waals surface area contributed by atoms with E-state index in [0.717, 1.165) is 12.8 Å². The van der Waals surface area contributed by atoms with E-state index in [1.807, 2.05) is 0 Å². The zero-order valence-corrected chi connectivity index (χ0v) is 10.5. The smallest absolute Gasteiger partial charge is 0.305 e. The van der Waals surface area contributed by atoms with Gasteiger partial charge in [-0.15, -0.1) is 0 Å². The maximum atomic E-state index is 10.6. The van der Waals surface area contributed by atoms with E-state index >= 15 is 0 Å². The van der Waals surface area contributed by atoms with Gasteiger partial charge in [-0.2, -0.15) is 0 Å². The Morgan fingerprint density at radius 1 is 1.17 bits per heavy atom. The number of rotatable bonds is 6. The van der Waals surface area contributed by atoms with E-state index in [0.29, 0.717) is 6.42 Å². The van der Waals surface area contributed by atoms with Gasteiger partial charge in [0.2, 0.25) is 0 Å². The van der Waals surface area contributed by atoms with Crippen LogP contribution < -0.4 is 0 Å². The summed E-state index contributed by atoms with van der Waals surface area (Å²) in [5.41, 5.74) is 0. The van der Waals surface area contributed by atoms with Gasteiger partial charge in [0.05, 0.1) is 7.11 Å². The summed E-state index contributed by atoms with van der Waals surface area (Å²) in [7, 11) is 1.44. The molecule has 0 aliphatic carbocycles. The summed E-state index contributed by atoms with van der Waals surface area (Å²) in [6, 6.07) is 0. The summed E-state index contributed by atoms with van der Waals surface area (Å²) >= 11 is 0. The second-order valence-corrected chi connectivity index (χ2v) is 2.74. The van der Waals surface area contributed by atoms with E-state index in [2.05, 4.69) is 11.7 Å². The largest absolute Gasteiger partial charge is 0.469 e. The van der Waals surface area contributed by atoms with Crippen molar-refractivity contribution in [2.45, 2.75) is 45.4 Å². The molecule has 0 aromatic rings. The summed E-state index contributed by atoms with van der Waals surface area (Å²) in [5, 5.41) is 0. The van der Waals surface area contributed by atoms with Crippen LogP contribution in [0.4, 0.5) is 0 Å². The topological polar surface area (TPSA) is 26.3 Å². The van der Waals surface area contributed by atoms with Crippen LogP contribution in [0.3, 0.4) is 0 Å². The van der Waals surface area contributed by atoms with Crippen molar-refractivity contribution in [3.8, 4) is 0 Å². The standard InChI is InChI=1S/C9H18O2.Zr/c1-3-4-5-6-7-8-9(10)11-2;/h3-8H2,1-2H3;. The number of ether oxygens (including phenoxy) is 1. The maximum Gasteiger partial charge on any atom is 0.305 e. The Balaban J connectivity index is 0. The SMILES string of the molecule is CCCCCCCC(=O)OC.[Zr]. The van der Waals surface area contributed by atoms with E-state index in [9.17, 15) is 4.79 Å². The number of carbonyl (C=O) groups excluding carboxylic acids is 1. The Hall–Kier alpha value is 0.353. The Labute approximate surface area is 94.2 Å². The van der Waals surface area contributed by atoms with Crippen molar-refractivity contribution in [3.63, 3.8) is 0 Å². The third-order valence-corrected chi connectivity index (χ3v) is 1.71. The Morgan fingerprint density at radius 2 is 1.75 bits per heavy atom. The van der Waals surface area contributed by atoms with Crippen molar-refractivity contribution in [3.05, 3.63) is 0 Å². The van der Waals surface area contributed by atoms with Gasteiger partial charge in [-0.05, 0) is 6.42 Å². The van der Waals surface area contributed by atoms with Crippen LogP contribution in [0, 0.1) is 0 Å². The number of hydrogen-bond acceptors (Lipinski definition) is 2. The van der Waals surface area contributed by atoms with Crippen LogP contribution >= 0.6 is 0 Å². The van der Waals surface area contributed by atoms with Crippen molar-refractivity contribution < 1.29 is 35.7 Å². The Bertz CT molecular complexity index is 105. The van der Waals surface area contributed by atoms with Crippen LogP contribution in [0.2, 0.25) is 0 Å². The summed E-state index contributed by atoms with van der Waals surface area (Å²) < 4.78 is 4.52. The molecule has 0 N–H and O–H groups in total. The van der Waals surface area contributed by atoms with Crippen molar-refractivity contribution in [1.29, 1.82) is 0 Å². The predicted molar refractivity (Wildman–Crippen MR) is 45.4 cm³/mol. The van der Waals surface area contributed by atoms with Crippen LogP contribution in [0.25, 0.3) is 0 Å². The molecule has 0 spiro atoms. The first-order valence-corrected chi connectivity index (χ1v) is 4.38. The van der Waals surface area contributed by atoms with Crippen LogP contribution in [-0.2, 0) is 35.7 Å². The van der Waals surface area contributed by atoms with Crippen LogP contribution in [0.15, 0.2) is 0 Å². The van der Waals surface area contributed by atoms with E-state index in [-0.39, 0.29) is 32.2 Å². The molecule has 0 fully saturated rings. The number of methoxy groups -OCH3 is 1. The van der Waals surface area contributed by atoms with E-state index in [1.165, 1.54) is 26.4 Å². The van der Waals surface area contributed by atoms with Gasteiger partial charge in [-0.1, -0.05) is 32.6 Å². The molecule has 0 atom stereocenters. The second-order valence-electron chi connectivity index (χ2n) is 2.74. The summed E-state index contributed by atoms with van der Waals surface area (Å²) in [5.74, 6) is -0.0819. The molecule has 0 amide bonds. The molecule has 70 valence electrons. The third-order valence-electron chi connectivity index (χ3n) is 1.71. The average Bonchev–Trinajstić information content (AvgIpc) is 2.04.